The summed E-state index contributed by atoms with van der Waals surface area (Å²) in [4.78, 5) is 35.1. The number of carbonyl (C=O) groups excluding carboxylic acids is 2. The molecule has 0 aliphatic carbocycles. The zero-order valence-electron chi connectivity index (χ0n) is 22.0. The van der Waals surface area contributed by atoms with E-state index < -0.39 is 6.04 Å². The molecule has 40 heavy (non-hydrogen) atoms. The number of carbonyl (C=O) groups is 2. The SMILES string of the molecule is Cc1cccc(N(C(=O)Cn2nnc(-c3cccs3)n2)[C@H](C(=O)NC[C@@H]2CCCO2)c2c[nH]c3ccccc23)c1. The molecular weight excluding hydrogens is 526 g/mol. The first kappa shape index (κ1) is 25.9. The van der Waals surface area contributed by atoms with E-state index >= 15 is 0 Å². The van der Waals surface area contributed by atoms with Gasteiger partial charge >= 0.3 is 0 Å². The number of anilines is 1. The molecular formula is C29H29N7O3S. The van der Waals surface area contributed by atoms with E-state index in [0.717, 1.165) is 34.2 Å². The molecule has 3 aromatic heterocycles. The Morgan fingerprint density at radius 3 is 2.90 bits per heavy atom. The molecule has 10 nitrogen and oxygen atoms in total. The Bertz CT molecular complexity index is 1620. The van der Waals surface area contributed by atoms with Crippen LogP contribution < -0.4 is 10.2 Å². The van der Waals surface area contributed by atoms with Crippen LogP contribution in [0.3, 0.4) is 0 Å². The Labute approximate surface area is 235 Å². The zero-order chi connectivity index (χ0) is 27.5. The van der Waals surface area contributed by atoms with Crippen molar-refractivity contribution >= 4 is 39.7 Å². The second kappa shape index (κ2) is 11.4. The summed E-state index contributed by atoms with van der Waals surface area (Å²) in [6, 6.07) is 18.2. The second-order valence-electron chi connectivity index (χ2n) is 9.80. The molecule has 6 rings (SSSR count). The smallest absolute Gasteiger partial charge is 0.251 e. The highest BCUT2D eigenvalue weighted by atomic mass is 32.1. The molecule has 2 atom stereocenters. The van der Waals surface area contributed by atoms with Crippen molar-refractivity contribution in [3.8, 4) is 10.7 Å². The quantitative estimate of drug-likeness (QED) is 0.281. The number of H-pyrrole nitrogens is 1. The van der Waals surface area contributed by atoms with Gasteiger partial charge in [-0.25, -0.2) is 0 Å². The van der Waals surface area contributed by atoms with Crippen LogP contribution in [0.5, 0.6) is 0 Å². The molecule has 204 valence electrons. The average molecular weight is 556 g/mol. The van der Waals surface area contributed by atoms with E-state index in [4.69, 9.17) is 4.74 Å². The number of rotatable bonds is 9. The summed E-state index contributed by atoms with van der Waals surface area (Å²) in [5.74, 6) is -0.184. The third-order valence-electron chi connectivity index (χ3n) is 6.97. The lowest BCUT2D eigenvalue weighted by molar-refractivity contribution is -0.127. The Balaban J connectivity index is 1.39. The molecule has 2 N–H and O–H groups in total. The first-order valence-electron chi connectivity index (χ1n) is 13.2. The maximum Gasteiger partial charge on any atom is 0.251 e. The number of aryl methyl sites for hydroxylation is 1. The first-order valence-corrected chi connectivity index (χ1v) is 14.1. The van der Waals surface area contributed by atoms with E-state index in [1.165, 1.54) is 16.1 Å². The minimum atomic E-state index is -0.952. The number of tetrazole rings is 1. The molecule has 0 spiro atoms. The largest absolute Gasteiger partial charge is 0.376 e. The molecule has 0 unspecified atom stereocenters. The number of para-hydroxylation sites is 1. The molecule has 2 amide bonds. The van der Waals surface area contributed by atoms with Gasteiger partial charge in [-0.1, -0.05) is 36.4 Å². The summed E-state index contributed by atoms with van der Waals surface area (Å²) in [6.07, 6.45) is 3.63. The van der Waals surface area contributed by atoms with Crippen molar-refractivity contribution in [2.24, 2.45) is 0 Å². The summed E-state index contributed by atoms with van der Waals surface area (Å²) in [5, 5.41) is 18.5. The summed E-state index contributed by atoms with van der Waals surface area (Å²) in [5.41, 5.74) is 3.14. The average Bonchev–Trinajstić information content (AvgIpc) is 3.78. The molecule has 4 heterocycles. The van der Waals surface area contributed by atoms with Gasteiger partial charge in [-0.15, -0.1) is 21.5 Å². The number of benzene rings is 2. The van der Waals surface area contributed by atoms with E-state index in [-0.39, 0.29) is 24.5 Å². The third kappa shape index (κ3) is 5.38. The van der Waals surface area contributed by atoms with Gasteiger partial charge in [-0.2, -0.15) is 4.80 Å². The van der Waals surface area contributed by atoms with E-state index in [2.05, 4.69) is 25.7 Å². The predicted molar refractivity (Wildman–Crippen MR) is 153 cm³/mol. The molecule has 5 aromatic rings. The molecule has 11 heteroatoms. The normalized spacial score (nSPS) is 15.8. The maximum atomic E-state index is 14.1. The molecule has 0 radical (unpaired) electrons. The third-order valence-corrected chi connectivity index (χ3v) is 7.84. The van der Waals surface area contributed by atoms with E-state index in [9.17, 15) is 9.59 Å². The van der Waals surface area contributed by atoms with Gasteiger partial charge in [0, 0.05) is 41.5 Å². The van der Waals surface area contributed by atoms with Crippen molar-refractivity contribution in [3.63, 3.8) is 0 Å². The summed E-state index contributed by atoms with van der Waals surface area (Å²) >= 11 is 1.50. The van der Waals surface area contributed by atoms with Gasteiger partial charge in [-0.05, 0) is 60.2 Å². The van der Waals surface area contributed by atoms with Gasteiger partial charge < -0.3 is 15.0 Å². The topological polar surface area (TPSA) is 118 Å². The highest BCUT2D eigenvalue weighted by Gasteiger charge is 2.35. The summed E-state index contributed by atoms with van der Waals surface area (Å²) in [7, 11) is 0. The van der Waals surface area contributed by atoms with Crippen LogP contribution in [-0.2, 0) is 20.9 Å². The number of hydrogen-bond donors (Lipinski definition) is 2. The van der Waals surface area contributed by atoms with Gasteiger partial charge in [0.25, 0.3) is 5.91 Å². The molecule has 1 aliphatic heterocycles. The van der Waals surface area contributed by atoms with E-state index in [1.54, 1.807) is 11.1 Å². The number of amides is 2. The van der Waals surface area contributed by atoms with Gasteiger partial charge in [0.1, 0.15) is 12.6 Å². The Kier molecular flexibility index (Phi) is 7.39. The van der Waals surface area contributed by atoms with Crippen molar-refractivity contribution < 1.29 is 14.3 Å². The van der Waals surface area contributed by atoms with Crippen molar-refractivity contribution in [2.45, 2.75) is 38.5 Å². The number of aromatic nitrogens is 5. The molecule has 2 aromatic carbocycles. The van der Waals surface area contributed by atoms with Crippen molar-refractivity contribution in [3.05, 3.63) is 83.4 Å². The lowest BCUT2D eigenvalue weighted by atomic mass is 10.0. The number of nitrogens with one attached hydrogen (secondary N) is 2. The fourth-order valence-corrected chi connectivity index (χ4v) is 5.71. The maximum absolute atomic E-state index is 14.1. The fourth-order valence-electron chi connectivity index (χ4n) is 5.06. The van der Waals surface area contributed by atoms with Crippen LogP contribution in [0.2, 0.25) is 0 Å². The number of ether oxygens (including phenoxy) is 1. The standard InChI is InChI=1S/C29H29N7O3S/c1-19-7-4-8-20(15-19)36(26(37)18-35-33-28(32-34-35)25-12-6-14-40-25)27(29(38)31-16-21-9-5-13-39-21)23-17-30-24-11-3-2-10-22(23)24/h2-4,6-8,10-12,14-15,17,21,27,30H,5,9,13,16,18H2,1H3,(H,31,38)/t21-,27-/m0/s1. The van der Waals surface area contributed by atoms with Crippen LogP contribution in [-0.4, -0.2) is 56.3 Å². The molecule has 1 fully saturated rings. The predicted octanol–water partition coefficient (Wildman–Crippen LogP) is 4.26. The van der Waals surface area contributed by atoms with Crippen LogP contribution >= 0.6 is 11.3 Å². The number of aromatic amines is 1. The number of fused-ring (bicyclic) bond motifs is 1. The Morgan fingerprint density at radius 1 is 1.20 bits per heavy atom. The Morgan fingerprint density at radius 2 is 2.10 bits per heavy atom. The van der Waals surface area contributed by atoms with Gasteiger partial charge in [0.05, 0.1) is 11.0 Å². The minimum Gasteiger partial charge on any atom is -0.376 e. The Hall–Kier alpha value is -4.35. The van der Waals surface area contributed by atoms with Crippen LogP contribution in [0.1, 0.15) is 30.0 Å². The monoisotopic (exact) mass is 555 g/mol. The molecule has 0 saturated carbocycles. The summed E-state index contributed by atoms with van der Waals surface area (Å²) in [6.45, 7) is 2.84. The lowest BCUT2D eigenvalue weighted by Crippen LogP contribution is -2.46. The van der Waals surface area contributed by atoms with Crippen LogP contribution in [0.4, 0.5) is 5.69 Å². The molecule has 0 bridgehead atoms. The zero-order valence-corrected chi connectivity index (χ0v) is 22.8. The number of hydrogen-bond acceptors (Lipinski definition) is 7. The van der Waals surface area contributed by atoms with Crippen LogP contribution in [0, 0.1) is 6.92 Å². The second-order valence-corrected chi connectivity index (χ2v) is 10.7. The molecule has 1 saturated heterocycles. The van der Waals surface area contributed by atoms with Gasteiger partial charge in [0.2, 0.25) is 11.7 Å². The first-order chi connectivity index (χ1) is 19.6. The van der Waals surface area contributed by atoms with Crippen molar-refractivity contribution in [2.75, 3.05) is 18.1 Å². The van der Waals surface area contributed by atoms with Crippen LogP contribution in [0.15, 0.2) is 72.2 Å². The van der Waals surface area contributed by atoms with Gasteiger partial charge in [0.15, 0.2) is 0 Å². The number of thiophene rings is 1. The summed E-state index contributed by atoms with van der Waals surface area (Å²) < 4.78 is 5.74. The van der Waals surface area contributed by atoms with E-state index in [1.807, 2.05) is 73.0 Å². The minimum absolute atomic E-state index is 0.0364. The van der Waals surface area contributed by atoms with Crippen molar-refractivity contribution in [1.82, 2.24) is 30.5 Å². The highest BCUT2D eigenvalue weighted by molar-refractivity contribution is 7.13. The number of nitrogens with zero attached hydrogens (tertiary/aromatic N) is 5. The van der Waals surface area contributed by atoms with Crippen LogP contribution in [0.25, 0.3) is 21.6 Å². The van der Waals surface area contributed by atoms with E-state index in [0.29, 0.717) is 30.2 Å². The van der Waals surface area contributed by atoms with Crippen molar-refractivity contribution in [1.29, 1.82) is 0 Å². The van der Waals surface area contributed by atoms with Gasteiger partial charge in [-0.3, -0.25) is 14.5 Å². The lowest BCUT2D eigenvalue weighted by Gasteiger charge is -2.31. The molecule has 1 aliphatic rings. The highest BCUT2D eigenvalue weighted by Crippen LogP contribution is 2.33. The fraction of sp³-hybridized carbons (Fsp3) is 0.276.